The number of hydrogen-bond donors (Lipinski definition) is 2. The lowest BCUT2D eigenvalue weighted by atomic mass is 10.1. The number of carbonyl (C=O) groups is 2. The molecule has 1 aromatic carbocycles. The van der Waals surface area contributed by atoms with E-state index in [9.17, 15) is 22.4 Å². The average molecular weight is 394 g/mol. The number of carbonyl (C=O) groups excluding carboxylic acids is 2. The largest absolute Gasteiger partial charge is 0.351 e. The Morgan fingerprint density at radius 2 is 2.00 bits per heavy atom. The van der Waals surface area contributed by atoms with Gasteiger partial charge in [0, 0.05) is 13.1 Å². The molecule has 8 nitrogen and oxygen atoms in total. The van der Waals surface area contributed by atoms with E-state index >= 15 is 0 Å². The maximum Gasteiger partial charge on any atom is 0.272 e. The zero-order valence-corrected chi connectivity index (χ0v) is 15.4. The molecule has 1 unspecified atom stereocenters. The van der Waals surface area contributed by atoms with E-state index in [2.05, 4.69) is 15.7 Å². The molecule has 2 heterocycles. The van der Waals surface area contributed by atoms with Crippen LogP contribution in [-0.4, -0.2) is 54.1 Å². The van der Waals surface area contributed by atoms with Crippen molar-refractivity contribution in [3.63, 3.8) is 0 Å². The van der Waals surface area contributed by atoms with E-state index in [0.29, 0.717) is 17.7 Å². The Labute approximate surface area is 155 Å². The molecule has 0 saturated carbocycles. The molecule has 0 aliphatic carbocycles. The SMILES string of the molecule is Cn1nc(C(=O)NCC(=O)NC2CCS(=O)(=O)C2)cc1-c1ccc(F)cc1. The first kappa shape index (κ1) is 19.0. The zero-order valence-electron chi connectivity index (χ0n) is 14.6. The fourth-order valence-electron chi connectivity index (χ4n) is 2.91. The second-order valence-electron chi connectivity index (χ2n) is 6.40. The van der Waals surface area contributed by atoms with Crippen LogP contribution in [-0.2, 0) is 21.7 Å². The maximum absolute atomic E-state index is 13.0. The summed E-state index contributed by atoms with van der Waals surface area (Å²) in [5.41, 5.74) is 1.44. The number of benzene rings is 1. The van der Waals surface area contributed by atoms with Crippen molar-refractivity contribution in [2.45, 2.75) is 12.5 Å². The quantitative estimate of drug-likeness (QED) is 0.756. The van der Waals surface area contributed by atoms with E-state index in [1.807, 2.05) is 0 Å². The maximum atomic E-state index is 13.0. The van der Waals surface area contributed by atoms with Gasteiger partial charge in [-0.2, -0.15) is 5.10 Å². The Bertz CT molecular complexity index is 969. The number of amides is 2. The van der Waals surface area contributed by atoms with Gasteiger partial charge in [-0.15, -0.1) is 0 Å². The molecule has 2 N–H and O–H groups in total. The van der Waals surface area contributed by atoms with Crippen molar-refractivity contribution in [3.8, 4) is 11.3 Å². The Hall–Kier alpha value is -2.75. The molecule has 2 amide bonds. The molecule has 144 valence electrons. The molecule has 1 aromatic heterocycles. The van der Waals surface area contributed by atoms with Crippen LogP contribution in [0, 0.1) is 5.82 Å². The van der Waals surface area contributed by atoms with Crippen molar-refractivity contribution < 1.29 is 22.4 Å². The second-order valence-corrected chi connectivity index (χ2v) is 8.62. The van der Waals surface area contributed by atoms with Crippen LogP contribution in [0.15, 0.2) is 30.3 Å². The topological polar surface area (TPSA) is 110 Å². The van der Waals surface area contributed by atoms with E-state index in [1.54, 1.807) is 25.2 Å². The summed E-state index contributed by atoms with van der Waals surface area (Å²) in [7, 11) is -1.43. The smallest absolute Gasteiger partial charge is 0.272 e. The average Bonchev–Trinajstić information content (AvgIpc) is 3.15. The van der Waals surface area contributed by atoms with Crippen LogP contribution in [0.3, 0.4) is 0 Å². The lowest BCUT2D eigenvalue weighted by Crippen LogP contribution is -2.42. The number of hydrogen-bond acceptors (Lipinski definition) is 5. The van der Waals surface area contributed by atoms with Crippen LogP contribution in [0.1, 0.15) is 16.9 Å². The summed E-state index contributed by atoms with van der Waals surface area (Å²) in [6.45, 7) is -0.280. The Kier molecular flexibility index (Phi) is 5.26. The monoisotopic (exact) mass is 394 g/mol. The molecule has 0 bridgehead atoms. The molecule has 0 radical (unpaired) electrons. The van der Waals surface area contributed by atoms with E-state index in [4.69, 9.17) is 0 Å². The molecule has 3 rings (SSSR count). The lowest BCUT2D eigenvalue weighted by Gasteiger charge is -2.10. The molecule has 1 atom stereocenters. The molecule has 0 spiro atoms. The minimum Gasteiger partial charge on any atom is -0.351 e. The highest BCUT2D eigenvalue weighted by molar-refractivity contribution is 7.91. The number of nitrogens with zero attached hydrogens (tertiary/aromatic N) is 2. The first-order chi connectivity index (χ1) is 12.7. The van der Waals surface area contributed by atoms with Crippen molar-refractivity contribution in [2.24, 2.45) is 7.05 Å². The summed E-state index contributed by atoms with van der Waals surface area (Å²) in [6, 6.07) is 6.92. The molecule has 27 heavy (non-hydrogen) atoms. The third-order valence-electron chi connectivity index (χ3n) is 4.26. The normalized spacial score (nSPS) is 18.2. The van der Waals surface area contributed by atoms with Crippen LogP contribution in [0.4, 0.5) is 4.39 Å². The number of aryl methyl sites for hydroxylation is 1. The summed E-state index contributed by atoms with van der Waals surface area (Å²) >= 11 is 0. The highest BCUT2D eigenvalue weighted by Crippen LogP contribution is 2.20. The van der Waals surface area contributed by atoms with Crippen molar-refractivity contribution in [1.82, 2.24) is 20.4 Å². The van der Waals surface area contributed by atoms with Gasteiger partial charge in [0.1, 0.15) is 5.82 Å². The summed E-state index contributed by atoms with van der Waals surface area (Å²) in [6.07, 6.45) is 0.378. The van der Waals surface area contributed by atoms with Crippen molar-refractivity contribution >= 4 is 21.7 Å². The first-order valence-corrected chi connectivity index (χ1v) is 10.1. The van der Waals surface area contributed by atoms with Gasteiger partial charge in [-0.1, -0.05) is 0 Å². The molecule has 1 saturated heterocycles. The van der Waals surface area contributed by atoms with Gasteiger partial charge in [0.15, 0.2) is 15.5 Å². The van der Waals surface area contributed by atoms with E-state index in [0.717, 1.165) is 0 Å². The van der Waals surface area contributed by atoms with Crippen molar-refractivity contribution in [1.29, 1.82) is 0 Å². The summed E-state index contributed by atoms with van der Waals surface area (Å²) in [5, 5.41) is 9.16. The number of halogens is 1. The Morgan fingerprint density at radius 3 is 2.63 bits per heavy atom. The fourth-order valence-corrected chi connectivity index (χ4v) is 4.58. The minimum absolute atomic E-state index is 0.0599. The predicted molar refractivity (Wildman–Crippen MR) is 96.1 cm³/mol. The van der Waals surface area contributed by atoms with Crippen LogP contribution in [0.25, 0.3) is 11.3 Å². The lowest BCUT2D eigenvalue weighted by molar-refractivity contribution is -0.120. The van der Waals surface area contributed by atoms with Gasteiger partial charge in [0.05, 0.1) is 23.7 Å². The summed E-state index contributed by atoms with van der Waals surface area (Å²) in [4.78, 5) is 24.1. The predicted octanol–water partition coefficient (Wildman–Crippen LogP) is 0.259. The molecule has 1 fully saturated rings. The van der Waals surface area contributed by atoms with Crippen LogP contribution in [0.2, 0.25) is 0 Å². The van der Waals surface area contributed by atoms with Gasteiger partial charge in [-0.3, -0.25) is 14.3 Å². The third kappa shape index (κ3) is 4.70. The van der Waals surface area contributed by atoms with E-state index < -0.39 is 27.7 Å². The molecular weight excluding hydrogens is 375 g/mol. The Balaban J connectivity index is 1.58. The molecule has 1 aliphatic heterocycles. The van der Waals surface area contributed by atoms with E-state index in [1.165, 1.54) is 16.8 Å². The zero-order chi connectivity index (χ0) is 19.6. The number of nitrogens with one attached hydrogen (secondary N) is 2. The van der Waals surface area contributed by atoms with Crippen molar-refractivity contribution in [3.05, 3.63) is 41.8 Å². The van der Waals surface area contributed by atoms with Gasteiger partial charge in [0.2, 0.25) is 5.91 Å². The van der Waals surface area contributed by atoms with E-state index in [-0.39, 0.29) is 29.6 Å². The van der Waals surface area contributed by atoms with Gasteiger partial charge in [0.25, 0.3) is 5.91 Å². The fraction of sp³-hybridized carbons (Fsp3) is 0.353. The standard InChI is InChI=1S/C17H19FN4O4S/c1-22-15(11-2-4-12(18)5-3-11)8-14(21-22)17(24)19-9-16(23)20-13-6-7-27(25,26)10-13/h2-5,8,13H,6-7,9-10H2,1H3,(H,19,24)(H,20,23). The molecule has 1 aliphatic rings. The van der Waals surface area contributed by atoms with Crippen molar-refractivity contribution in [2.75, 3.05) is 18.1 Å². The van der Waals surface area contributed by atoms with Gasteiger partial charge >= 0.3 is 0 Å². The summed E-state index contributed by atoms with van der Waals surface area (Å²) < 4.78 is 37.3. The molecular formula is C17H19FN4O4S. The number of sulfone groups is 1. The van der Waals surface area contributed by atoms with Gasteiger partial charge < -0.3 is 10.6 Å². The second kappa shape index (κ2) is 7.47. The number of rotatable bonds is 5. The number of aromatic nitrogens is 2. The third-order valence-corrected chi connectivity index (χ3v) is 6.03. The molecule has 2 aromatic rings. The highest BCUT2D eigenvalue weighted by Gasteiger charge is 2.28. The Morgan fingerprint density at radius 1 is 1.30 bits per heavy atom. The van der Waals surface area contributed by atoms with Crippen LogP contribution >= 0.6 is 0 Å². The van der Waals surface area contributed by atoms with Gasteiger partial charge in [-0.25, -0.2) is 12.8 Å². The van der Waals surface area contributed by atoms with Crippen LogP contribution < -0.4 is 10.6 Å². The van der Waals surface area contributed by atoms with Crippen LogP contribution in [0.5, 0.6) is 0 Å². The first-order valence-electron chi connectivity index (χ1n) is 8.31. The minimum atomic E-state index is -3.08. The molecule has 10 heteroatoms. The summed E-state index contributed by atoms with van der Waals surface area (Å²) in [5.74, 6) is -1.37. The van der Waals surface area contributed by atoms with Gasteiger partial charge in [-0.05, 0) is 42.3 Å². The highest BCUT2D eigenvalue weighted by atomic mass is 32.2.